The highest BCUT2D eigenvalue weighted by Crippen LogP contribution is 2.15. The van der Waals surface area contributed by atoms with Crippen molar-refractivity contribution in [1.29, 1.82) is 0 Å². The van der Waals surface area contributed by atoms with E-state index in [1.807, 2.05) is 21.2 Å². The number of imide groups is 1. The Hall–Kier alpha value is 0.0200. The molecule has 4 nitrogen and oxygen atoms in total. The van der Waals surface area contributed by atoms with Gasteiger partial charge in [-0.3, -0.25) is 9.69 Å². The summed E-state index contributed by atoms with van der Waals surface area (Å²) in [7, 11) is 3.87. The van der Waals surface area contributed by atoms with Crippen molar-refractivity contribution in [3.8, 4) is 0 Å². The van der Waals surface area contributed by atoms with Crippen molar-refractivity contribution in [2.45, 2.75) is 0 Å². The molecule has 10 heavy (non-hydrogen) atoms. The van der Waals surface area contributed by atoms with Crippen LogP contribution >= 0.6 is 30.1 Å². The molecule has 0 heterocycles. The molecule has 3 amide bonds. The van der Waals surface area contributed by atoms with Crippen LogP contribution in [-0.2, 0) is 0 Å². The van der Waals surface area contributed by atoms with E-state index in [4.69, 9.17) is 0 Å². The molecule has 0 radical (unpaired) electrons. The zero-order valence-electron chi connectivity index (χ0n) is 5.55. The molecule has 0 aromatic heterocycles. The molecule has 6 heteroatoms. The maximum Gasteiger partial charge on any atom is 0.324 e. The lowest BCUT2D eigenvalue weighted by Gasteiger charge is -2.10. The molecule has 0 fully saturated rings. The summed E-state index contributed by atoms with van der Waals surface area (Å²) in [5.41, 5.74) is 0. The van der Waals surface area contributed by atoms with Gasteiger partial charge in [0.25, 0.3) is 5.24 Å². The fraction of sp³-hybridized carbons (Fsp3) is 0.500. The molecular formula is C4H7IN2O2S. The van der Waals surface area contributed by atoms with E-state index in [1.54, 1.807) is 0 Å². The number of rotatable bonds is 0. The van der Waals surface area contributed by atoms with Gasteiger partial charge < -0.3 is 5.32 Å². The predicted octanol–water partition coefficient (Wildman–Crippen LogP) is 1.46. The second kappa shape index (κ2) is 4.78. The van der Waals surface area contributed by atoms with Crippen molar-refractivity contribution < 1.29 is 9.59 Å². The Kier molecular flexibility index (Phi) is 4.79. The van der Waals surface area contributed by atoms with E-state index in [0.717, 1.165) is 13.8 Å². The largest absolute Gasteiger partial charge is 0.341 e. The highest BCUT2D eigenvalue weighted by molar-refractivity contribution is 14.2. The molecule has 0 aliphatic rings. The minimum Gasteiger partial charge on any atom is -0.341 e. The summed E-state index contributed by atoms with van der Waals surface area (Å²) in [6.07, 6.45) is 0. The molecule has 0 aliphatic heterocycles. The van der Waals surface area contributed by atoms with Crippen LogP contribution in [0.15, 0.2) is 0 Å². The molecule has 0 spiro atoms. The van der Waals surface area contributed by atoms with Crippen LogP contribution in [0.25, 0.3) is 0 Å². The highest BCUT2D eigenvalue weighted by Gasteiger charge is 2.13. The lowest BCUT2D eigenvalue weighted by atomic mass is 10.8. The molecule has 0 saturated carbocycles. The van der Waals surface area contributed by atoms with Gasteiger partial charge in [0.1, 0.15) is 0 Å². The number of nitrogens with one attached hydrogen (secondary N) is 1. The summed E-state index contributed by atoms with van der Waals surface area (Å²) < 4.78 is 0. The second-order valence-electron chi connectivity index (χ2n) is 1.46. The number of nitrogens with zero attached hydrogens (tertiary/aromatic N) is 1. The van der Waals surface area contributed by atoms with E-state index in [0.29, 0.717) is 0 Å². The van der Waals surface area contributed by atoms with E-state index in [2.05, 4.69) is 5.32 Å². The first kappa shape index (κ1) is 10.0. The minimum absolute atomic E-state index is 0.278. The summed E-state index contributed by atoms with van der Waals surface area (Å²) in [6, 6.07) is -0.394. The summed E-state index contributed by atoms with van der Waals surface area (Å²) in [5.74, 6) is 0. The number of carbonyl (C=O) groups is 2. The normalized spacial score (nSPS) is 8.70. The van der Waals surface area contributed by atoms with Gasteiger partial charge in [0.15, 0.2) is 0 Å². The molecule has 58 valence electrons. The fourth-order valence-corrected chi connectivity index (χ4v) is 1.38. The van der Waals surface area contributed by atoms with Crippen LogP contribution < -0.4 is 5.32 Å². The number of urea groups is 1. The lowest BCUT2D eigenvalue weighted by Crippen LogP contribution is -2.36. The zero-order valence-corrected chi connectivity index (χ0v) is 8.52. The van der Waals surface area contributed by atoms with Crippen LogP contribution in [0.5, 0.6) is 0 Å². The van der Waals surface area contributed by atoms with E-state index >= 15 is 0 Å². The number of carbonyl (C=O) groups excluding carboxylic acids is 2. The smallest absolute Gasteiger partial charge is 0.324 e. The predicted molar refractivity (Wildman–Crippen MR) is 49.2 cm³/mol. The maximum absolute atomic E-state index is 10.7. The van der Waals surface area contributed by atoms with E-state index in [9.17, 15) is 9.59 Å². The van der Waals surface area contributed by atoms with Gasteiger partial charge in [0.2, 0.25) is 0 Å². The zero-order chi connectivity index (χ0) is 8.15. The molecule has 0 atom stereocenters. The van der Waals surface area contributed by atoms with Gasteiger partial charge in [-0.1, -0.05) is 0 Å². The van der Waals surface area contributed by atoms with Gasteiger partial charge in [-0.25, -0.2) is 4.79 Å². The topological polar surface area (TPSA) is 49.4 Å². The van der Waals surface area contributed by atoms with Crippen molar-refractivity contribution in [2.24, 2.45) is 0 Å². The van der Waals surface area contributed by atoms with Gasteiger partial charge >= 0.3 is 6.03 Å². The first-order chi connectivity index (χ1) is 4.63. The van der Waals surface area contributed by atoms with Crippen molar-refractivity contribution in [2.75, 3.05) is 14.1 Å². The molecule has 0 bridgehead atoms. The van der Waals surface area contributed by atoms with Gasteiger partial charge in [0, 0.05) is 44.2 Å². The van der Waals surface area contributed by atoms with Crippen molar-refractivity contribution in [1.82, 2.24) is 10.2 Å². The number of hydrogen-bond acceptors (Lipinski definition) is 3. The molecule has 0 unspecified atom stereocenters. The lowest BCUT2D eigenvalue weighted by molar-refractivity contribution is 0.209. The van der Waals surface area contributed by atoms with E-state index < -0.39 is 6.03 Å². The second-order valence-corrected chi connectivity index (χ2v) is 3.28. The van der Waals surface area contributed by atoms with Gasteiger partial charge in [-0.05, 0) is 0 Å². The third-order valence-electron chi connectivity index (χ3n) is 0.858. The molecular weight excluding hydrogens is 267 g/mol. The number of halogens is 1. The Morgan fingerprint density at radius 1 is 1.60 bits per heavy atom. The molecule has 0 saturated heterocycles. The average molecular weight is 274 g/mol. The van der Waals surface area contributed by atoms with Crippen LogP contribution in [0.1, 0.15) is 0 Å². The van der Waals surface area contributed by atoms with E-state index in [-0.39, 0.29) is 5.24 Å². The van der Waals surface area contributed by atoms with Crippen LogP contribution in [0.2, 0.25) is 0 Å². The highest BCUT2D eigenvalue weighted by atomic mass is 127. The van der Waals surface area contributed by atoms with Crippen LogP contribution in [-0.4, -0.2) is 30.3 Å². The van der Waals surface area contributed by atoms with Crippen molar-refractivity contribution >= 4 is 41.4 Å². The van der Waals surface area contributed by atoms with Crippen LogP contribution in [0.3, 0.4) is 0 Å². The number of amides is 3. The summed E-state index contributed by atoms with van der Waals surface area (Å²) >= 11 is 1.82. The van der Waals surface area contributed by atoms with Gasteiger partial charge in [-0.15, -0.1) is 0 Å². The maximum atomic E-state index is 10.7. The first-order valence-corrected chi connectivity index (χ1v) is 5.77. The Bertz CT molecular complexity index is 136. The third-order valence-corrected chi connectivity index (χ3v) is 2.39. The van der Waals surface area contributed by atoms with Crippen molar-refractivity contribution in [3.63, 3.8) is 0 Å². The average Bonchev–Trinajstić information content (AvgIpc) is 2.00. The SMILES string of the molecule is CNC(=O)N(C)C(=O)SI. The molecule has 1 N–H and O–H groups in total. The first-order valence-electron chi connectivity index (χ1n) is 2.41. The summed E-state index contributed by atoms with van der Waals surface area (Å²) in [4.78, 5) is 22.4. The van der Waals surface area contributed by atoms with E-state index in [1.165, 1.54) is 14.1 Å². The molecule has 0 aromatic carbocycles. The summed E-state index contributed by atoms with van der Waals surface area (Å²) in [5, 5.41) is 2.05. The minimum atomic E-state index is -0.394. The Balaban J connectivity index is 3.94. The summed E-state index contributed by atoms with van der Waals surface area (Å²) in [6.45, 7) is 0. The van der Waals surface area contributed by atoms with Gasteiger partial charge in [0.05, 0.1) is 0 Å². The van der Waals surface area contributed by atoms with Crippen LogP contribution in [0.4, 0.5) is 9.59 Å². The molecule has 0 aliphatic carbocycles. The molecule has 0 rings (SSSR count). The van der Waals surface area contributed by atoms with Crippen LogP contribution in [0, 0.1) is 0 Å². The third kappa shape index (κ3) is 2.74. The quantitative estimate of drug-likeness (QED) is 0.680. The fourth-order valence-electron chi connectivity index (χ4n) is 0.302. The standard InChI is InChI=1S/C4H7IN2O2S/c1-6-3(8)7(2)4(9)10-5/h1-2H3,(H,6,8). The monoisotopic (exact) mass is 274 g/mol. The molecule has 0 aromatic rings. The Morgan fingerprint density at radius 3 is 2.40 bits per heavy atom. The Morgan fingerprint density at radius 2 is 2.10 bits per heavy atom. The van der Waals surface area contributed by atoms with Gasteiger partial charge in [-0.2, -0.15) is 0 Å². The van der Waals surface area contributed by atoms with Crippen molar-refractivity contribution in [3.05, 3.63) is 0 Å². The Labute approximate surface area is 75.3 Å². The number of hydrogen-bond donors (Lipinski definition) is 1.